The summed E-state index contributed by atoms with van der Waals surface area (Å²) in [5.74, 6) is 5.50. The van der Waals surface area contributed by atoms with E-state index < -0.39 is 0 Å². The second-order valence-electron chi connectivity index (χ2n) is 5.26. The van der Waals surface area contributed by atoms with Crippen molar-refractivity contribution in [3.05, 3.63) is 0 Å². The lowest BCUT2D eigenvalue weighted by Gasteiger charge is -2.29. The molecule has 0 spiro atoms. The molecule has 100 valence electrons. The van der Waals surface area contributed by atoms with Gasteiger partial charge in [-0.25, -0.2) is 5.84 Å². The molecule has 5 nitrogen and oxygen atoms in total. The van der Waals surface area contributed by atoms with Gasteiger partial charge in [0.2, 0.25) is 0 Å². The summed E-state index contributed by atoms with van der Waals surface area (Å²) < 4.78 is 5.68. The fourth-order valence-corrected chi connectivity index (χ4v) is 2.12. The van der Waals surface area contributed by atoms with Crippen molar-refractivity contribution >= 4 is 5.91 Å². The Morgan fingerprint density at radius 1 is 1.47 bits per heavy atom. The Labute approximate surface area is 104 Å². The maximum Gasteiger partial charge on any atom is 0.263 e. The van der Waals surface area contributed by atoms with Gasteiger partial charge in [-0.15, -0.1) is 0 Å². The van der Waals surface area contributed by atoms with Gasteiger partial charge in [-0.2, -0.15) is 0 Å². The molecule has 1 aliphatic rings. The predicted octanol–water partition coefficient (Wildman–Crippen LogP) is 0.500. The standard InChI is InChI=1S/C12H25N3O2/c1-8(2)9(3)15(4)7-10-5-6-11(17-10)12(16)14-13/h8-11H,5-7,13H2,1-4H3,(H,14,16). The third-order valence-corrected chi connectivity index (χ3v) is 3.69. The highest BCUT2D eigenvalue weighted by Gasteiger charge is 2.31. The van der Waals surface area contributed by atoms with E-state index in [1.54, 1.807) is 0 Å². The van der Waals surface area contributed by atoms with E-state index in [1.807, 2.05) is 0 Å². The van der Waals surface area contributed by atoms with Crippen LogP contribution in [0, 0.1) is 5.92 Å². The lowest BCUT2D eigenvalue weighted by Crippen LogP contribution is -2.41. The van der Waals surface area contributed by atoms with Crippen LogP contribution in [0.3, 0.4) is 0 Å². The minimum absolute atomic E-state index is 0.142. The monoisotopic (exact) mass is 243 g/mol. The number of hydrogen-bond donors (Lipinski definition) is 2. The van der Waals surface area contributed by atoms with Gasteiger partial charge < -0.3 is 9.64 Å². The Kier molecular flexibility index (Phi) is 5.36. The Hall–Kier alpha value is -0.650. The van der Waals surface area contributed by atoms with Crippen molar-refractivity contribution in [2.75, 3.05) is 13.6 Å². The molecule has 0 aromatic heterocycles. The molecule has 3 atom stereocenters. The van der Waals surface area contributed by atoms with E-state index in [0.29, 0.717) is 12.0 Å². The van der Waals surface area contributed by atoms with Crippen molar-refractivity contribution in [3.63, 3.8) is 0 Å². The molecular formula is C12H25N3O2. The number of hydrogen-bond acceptors (Lipinski definition) is 4. The molecule has 3 N–H and O–H groups in total. The molecule has 0 radical (unpaired) electrons. The average Bonchev–Trinajstić information content (AvgIpc) is 2.75. The molecule has 1 amide bonds. The summed E-state index contributed by atoms with van der Waals surface area (Å²) in [5.41, 5.74) is 2.14. The maximum absolute atomic E-state index is 11.3. The van der Waals surface area contributed by atoms with Crippen molar-refractivity contribution in [1.29, 1.82) is 0 Å². The number of hydrazine groups is 1. The summed E-state index contributed by atoms with van der Waals surface area (Å²) in [6, 6.07) is 0.515. The second kappa shape index (κ2) is 6.33. The summed E-state index contributed by atoms with van der Waals surface area (Å²) in [6.07, 6.45) is 1.46. The number of carbonyl (C=O) groups is 1. The third kappa shape index (κ3) is 3.94. The highest BCUT2D eigenvalue weighted by molar-refractivity contribution is 5.80. The molecular weight excluding hydrogens is 218 g/mol. The minimum atomic E-state index is -0.368. The lowest BCUT2D eigenvalue weighted by atomic mass is 10.0. The van der Waals surface area contributed by atoms with Crippen LogP contribution in [0.25, 0.3) is 0 Å². The number of amides is 1. The SMILES string of the molecule is CC(C)C(C)N(C)CC1CCC(C(=O)NN)O1. The number of carbonyl (C=O) groups excluding carboxylic acids is 1. The molecule has 1 saturated heterocycles. The maximum atomic E-state index is 11.3. The summed E-state index contributed by atoms with van der Waals surface area (Å²) in [5, 5.41) is 0. The number of nitrogens with two attached hydrogens (primary N) is 1. The molecule has 5 heteroatoms. The van der Waals surface area contributed by atoms with Crippen molar-refractivity contribution in [3.8, 4) is 0 Å². The van der Waals surface area contributed by atoms with Gasteiger partial charge in [0, 0.05) is 12.6 Å². The molecule has 1 aliphatic heterocycles. The first kappa shape index (κ1) is 14.4. The molecule has 1 rings (SSSR count). The van der Waals surface area contributed by atoms with Crippen LogP contribution < -0.4 is 11.3 Å². The van der Waals surface area contributed by atoms with E-state index in [9.17, 15) is 4.79 Å². The normalized spacial score (nSPS) is 26.5. The Morgan fingerprint density at radius 2 is 2.12 bits per heavy atom. The first-order valence-corrected chi connectivity index (χ1v) is 6.31. The largest absolute Gasteiger partial charge is 0.364 e. The molecule has 1 fully saturated rings. The van der Waals surface area contributed by atoms with E-state index in [-0.39, 0.29) is 18.1 Å². The average molecular weight is 243 g/mol. The highest BCUT2D eigenvalue weighted by Crippen LogP contribution is 2.21. The van der Waals surface area contributed by atoms with Crippen LogP contribution in [0.2, 0.25) is 0 Å². The van der Waals surface area contributed by atoms with Crippen LogP contribution in [0.5, 0.6) is 0 Å². The number of ether oxygens (including phenoxy) is 1. The van der Waals surface area contributed by atoms with Gasteiger partial charge in [0.25, 0.3) is 5.91 Å². The minimum Gasteiger partial charge on any atom is -0.364 e. The van der Waals surface area contributed by atoms with Crippen molar-refractivity contribution in [1.82, 2.24) is 10.3 Å². The fraction of sp³-hybridized carbons (Fsp3) is 0.917. The van der Waals surface area contributed by atoms with E-state index in [4.69, 9.17) is 10.6 Å². The van der Waals surface area contributed by atoms with Crippen LogP contribution in [-0.2, 0) is 9.53 Å². The first-order chi connectivity index (χ1) is 7.95. The summed E-state index contributed by atoms with van der Waals surface area (Å²) in [7, 11) is 2.10. The summed E-state index contributed by atoms with van der Waals surface area (Å²) >= 11 is 0. The van der Waals surface area contributed by atoms with Gasteiger partial charge in [0.05, 0.1) is 6.10 Å². The van der Waals surface area contributed by atoms with Crippen LogP contribution >= 0.6 is 0 Å². The summed E-state index contributed by atoms with van der Waals surface area (Å²) in [6.45, 7) is 7.50. The number of likely N-dealkylation sites (N-methyl/N-ethyl adjacent to an activating group) is 1. The molecule has 0 aromatic carbocycles. The van der Waals surface area contributed by atoms with E-state index in [1.165, 1.54) is 0 Å². The number of nitrogens with one attached hydrogen (secondary N) is 1. The molecule has 0 saturated carbocycles. The zero-order valence-electron chi connectivity index (χ0n) is 11.3. The summed E-state index contributed by atoms with van der Waals surface area (Å²) in [4.78, 5) is 13.6. The Bertz CT molecular complexity index is 258. The molecule has 0 aromatic rings. The van der Waals surface area contributed by atoms with Crippen LogP contribution in [0.4, 0.5) is 0 Å². The number of nitrogens with zero attached hydrogens (tertiary/aromatic N) is 1. The van der Waals surface area contributed by atoms with Gasteiger partial charge in [-0.05, 0) is 32.7 Å². The van der Waals surface area contributed by atoms with Gasteiger partial charge >= 0.3 is 0 Å². The smallest absolute Gasteiger partial charge is 0.263 e. The van der Waals surface area contributed by atoms with E-state index in [2.05, 4.69) is 38.1 Å². The van der Waals surface area contributed by atoms with Crippen molar-refractivity contribution in [2.24, 2.45) is 11.8 Å². The molecule has 17 heavy (non-hydrogen) atoms. The molecule has 0 bridgehead atoms. The second-order valence-corrected chi connectivity index (χ2v) is 5.26. The Morgan fingerprint density at radius 3 is 2.65 bits per heavy atom. The zero-order chi connectivity index (χ0) is 13.0. The van der Waals surface area contributed by atoms with E-state index >= 15 is 0 Å². The topological polar surface area (TPSA) is 67.6 Å². The van der Waals surface area contributed by atoms with Crippen LogP contribution in [-0.4, -0.2) is 42.6 Å². The molecule has 3 unspecified atom stereocenters. The van der Waals surface area contributed by atoms with Crippen LogP contribution in [0.15, 0.2) is 0 Å². The van der Waals surface area contributed by atoms with Gasteiger partial charge in [-0.1, -0.05) is 13.8 Å². The van der Waals surface area contributed by atoms with Crippen molar-refractivity contribution in [2.45, 2.75) is 51.9 Å². The van der Waals surface area contributed by atoms with Crippen LogP contribution in [0.1, 0.15) is 33.6 Å². The Balaban J connectivity index is 2.37. The fourth-order valence-electron chi connectivity index (χ4n) is 2.12. The number of rotatable bonds is 5. The highest BCUT2D eigenvalue weighted by atomic mass is 16.5. The van der Waals surface area contributed by atoms with Crippen molar-refractivity contribution < 1.29 is 9.53 Å². The lowest BCUT2D eigenvalue weighted by molar-refractivity contribution is -0.132. The van der Waals surface area contributed by atoms with Gasteiger partial charge in [0.15, 0.2) is 0 Å². The molecule has 0 aliphatic carbocycles. The quantitative estimate of drug-likeness (QED) is 0.419. The third-order valence-electron chi connectivity index (χ3n) is 3.69. The van der Waals surface area contributed by atoms with Gasteiger partial charge in [-0.3, -0.25) is 10.2 Å². The zero-order valence-corrected chi connectivity index (χ0v) is 11.3. The first-order valence-electron chi connectivity index (χ1n) is 6.31. The van der Waals surface area contributed by atoms with E-state index in [0.717, 1.165) is 19.4 Å². The van der Waals surface area contributed by atoms with Gasteiger partial charge in [0.1, 0.15) is 6.10 Å². The predicted molar refractivity (Wildman–Crippen MR) is 67.2 cm³/mol. The molecule has 1 heterocycles.